The molecule has 1 unspecified atom stereocenters. The van der Waals surface area contributed by atoms with Crippen LogP contribution in [0.5, 0.6) is 0 Å². The Balaban J connectivity index is 4.33. The van der Waals surface area contributed by atoms with Crippen molar-refractivity contribution in [2.24, 2.45) is 0 Å². The van der Waals surface area contributed by atoms with Crippen molar-refractivity contribution in [3.05, 3.63) is 0 Å². The first-order valence-corrected chi connectivity index (χ1v) is 23.2. The Morgan fingerprint density at radius 3 is 1.37 bits per heavy atom. The highest BCUT2D eigenvalue weighted by molar-refractivity contribution is 6.60. The molecule has 0 spiro atoms. The van der Waals surface area contributed by atoms with Gasteiger partial charge in [-0.3, -0.25) is 0 Å². The molecule has 0 aromatic rings. The summed E-state index contributed by atoms with van der Waals surface area (Å²) in [5.74, 6) is 0. The Morgan fingerprint density at radius 1 is 0.462 bits per heavy atom. The maximum absolute atomic E-state index is 8.90. The SMILES string of the molecule is CCCCCCCCCCCCCCCCCC[N+](C)(C)CCC[Si](OCC)(OCC)OCCOCC(COCCOCCO)OCCOCCO. The third-order valence-electron chi connectivity index (χ3n) is 9.17. The van der Waals surface area contributed by atoms with Crippen LogP contribution < -0.4 is 0 Å². The van der Waals surface area contributed by atoms with Crippen molar-refractivity contribution in [3.63, 3.8) is 0 Å². The summed E-state index contributed by atoms with van der Waals surface area (Å²) in [6.07, 6.45) is 23.1. The van der Waals surface area contributed by atoms with Crippen molar-refractivity contribution in [1.29, 1.82) is 0 Å². The van der Waals surface area contributed by atoms with Gasteiger partial charge in [0.1, 0.15) is 6.10 Å². The number of unbranched alkanes of at least 4 members (excludes halogenated alkanes) is 15. The van der Waals surface area contributed by atoms with E-state index < -0.39 is 8.80 Å². The van der Waals surface area contributed by atoms with Crippen molar-refractivity contribution >= 4 is 8.80 Å². The molecule has 2 N–H and O–H groups in total. The fourth-order valence-corrected chi connectivity index (χ4v) is 8.81. The van der Waals surface area contributed by atoms with Crippen molar-refractivity contribution in [2.45, 2.75) is 142 Å². The second kappa shape index (κ2) is 39.0. The summed E-state index contributed by atoms with van der Waals surface area (Å²) in [5, 5.41) is 17.7. The molecule has 0 radical (unpaired) electrons. The van der Waals surface area contributed by atoms with Crippen LogP contribution in [0.25, 0.3) is 0 Å². The van der Waals surface area contributed by atoms with Crippen LogP contribution in [0.4, 0.5) is 0 Å². The molecule has 0 aliphatic rings. The standard InChI is InChI=1S/C40H86NO10Si/c1-6-9-10-11-12-13-14-15-16-17-18-19-20-21-22-23-25-41(4,5)26-24-37-52(49-7-2,50-8-3)51-36-34-47-39-40(48-35-33-45-30-28-43)38-46-32-31-44-29-27-42/h40,42-43H,6-39H2,1-5H3/q+1. The van der Waals surface area contributed by atoms with Gasteiger partial charge in [-0.05, 0) is 26.7 Å². The molecule has 52 heavy (non-hydrogen) atoms. The summed E-state index contributed by atoms with van der Waals surface area (Å²) in [4.78, 5) is 0. The first kappa shape index (κ1) is 51.8. The van der Waals surface area contributed by atoms with Gasteiger partial charge in [0, 0.05) is 25.7 Å². The van der Waals surface area contributed by atoms with E-state index in [1.165, 1.54) is 109 Å². The maximum atomic E-state index is 8.90. The molecule has 0 aliphatic carbocycles. The average molecular weight is 769 g/mol. The molecule has 11 nitrogen and oxygen atoms in total. The molecule has 0 amide bonds. The van der Waals surface area contributed by atoms with Crippen molar-refractivity contribution < 1.29 is 51.7 Å². The zero-order valence-electron chi connectivity index (χ0n) is 34.7. The third-order valence-corrected chi connectivity index (χ3v) is 12.2. The van der Waals surface area contributed by atoms with Crippen LogP contribution in [0.3, 0.4) is 0 Å². The van der Waals surface area contributed by atoms with Crippen LogP contribution in [-0.4, -0.2) is 149 Å². The molecule has 0 heterocycles. The molecule has 12 heteroatoms. The van der Waals surface area contributed by atoms with E-state index >= 15 is 0 Å². The van der Waals surface area contributed by atoms with E-state index in [-0.39, 0.29) is 25.9 Å². The topological polar surface area (TPSA) is 114 Å². The summed E-state index contributed by atoms with van der Waals surface area (Å²) < 4.78 is 47.9. The van der Waals surface area contributed by atoms with Gasteiger partial charge in [0.2, 0.25) is 0 Å². The highest BCUT2D eigenvalue weighted by atomic mass is 28.4. The molecule has 0 aromatic carbocycles. The van der Waals surface area contributed by atoms with Crippen LogP contribution in [-0.2, 0) is 37.0 Å². The minimum atomic E-state index is -2.83. The molecule has 1 atom stereocenters. The second-order valence-electron chi connectivity index (χ2n) is 14.5. The number of aliphatic hydroxyl groups is 2. The van der Waals surface area contributed by atoms with Gasteiger partial charge >= 0.3 is 8.80 Å². The van der Waals surface area contributed by atoms with E-state index in [4.69, 9.17) is 47.2 Å². The number of rotatable bonds is 44. The van der Waals surface area contributed by atoms with Crippen LogP contribution in [0.2, 0.25) is 6.04 Å². The van der Waals surface area contributed by atoms with Gasteiger partial charge in [-0.2, -0.15) is 0 Å². The minimum Gasteiger partial charge on any atom is -0.394 e. The Hall–Kier alpha value is -0.223. The largest absolute Gasteiger partial charge is 0.501 e. The summed E-state index contributed by atoms with van der Waals surface area (Å²) >= 11 is 0. The van der Waals surface area contributed by atoms with Gasteiger partial charge in [-0.1, -0.05) is 96.8 Å². The normalized spacial score (nSPS) is 13.0. The molecular formula is C40H86NO10Si+. The van der Waals surface area contributed by atoms with Gasteiger partial charge in [0.15, 0.2) is 0 Å². The highest BCUT2D eigenvalue weighted by Crippen LogP contribution is 2.20. The Bertz CT molecular complexity index is 703. The lowest BCUT2D eigenvalue weighted by Gasteiger charge is -2.33. The Labute approximate surface area is 321 Å². The molecule has 0 aromatic heterocycles. The van der Waals surface area contributed by atoms with Crippen molar-refractivity contribution in [1.82, 2.24) is 0 Å². The zero-order valence-corrected chi connectivity index (χ0v) is 35.7. The molecule has 314 valence electrons. The Kier molecular flexibility index (Phi) is 38.9. The van der Waals surface area contributed by atoms with E-state index in [1.807, 2.05) is 13.8 Å². The first-order chi connectivity index (χ1) is 25.4. The first-order valence-electron chi connectivity index (χ1n) is 21.3. The van der Waals surface area contributed by atoms with Crippen LogP contribution in [0, 0.1) is 0 Å². The summed E-state index contributed by atoms with van der Waals surface area (Å²) in [6.45, 7) is 13.2. The van der Waals surface area contributed by atoms with Gasteiger partial charge in [-0.15, -0.1) is 0 Å². The number of quaternary nitrogens is 1. The van der Waals surface area contributed by atoms with E-state index in [2.05, 4.69) is 21.0 Å². The monoisotopic (exact) mass is 769 g/mol. The number of hydrogen-bond acceptors (Lipinski definition) is 10. The van der Waals surface area contributed by atoms with Crippen LogP contribution >= 0.6 is 0 Å². The summed E-state index contributed by atoms with van der Waals surface area (Å²) in [6, 6.07) is 0.793. The van der Waals surface area contributed by atoms with Gasteiger partial charge in [-0.25, -0.2) is 0 Å². The fourth-order valence-electron chi connectivity index (χ4n) is 6.26. The van der Waals surface area contributed by atoms with E-state index in [9.17, 15) is 0 Å². The van der Waals surface area contributed by atoms with Gasteiger partial charge in [0.05, 0.1) is 106 Å². The number of aliphatic hydroxyl groups excluding tert-OH is 2. The minimum absolute atomic E-state index is 0.0109. The molecule has 0 saturated carbocycles. The van der Waals surface area contributed by atoms with E-state index in [0.717, 1.165) is 23.5 Å². The molecule has 0 saturated heterocycles. The molecular weight excluding hydrogens is 683 g/mol. The summed E-state index contributed by atoms with van der Waals surface area (Å²) in [5.41, 5.74) is 0. The third kappa shape index (κ3) is 34.3. The second-order valence-corrected chi connectivity index (χ2v) is 17.2. The predicted octanol–water partition coefficient (Wildman–Crippen LogP) is 7.18. The predicted molar refractivity (Wildman–Crippen MR) is 213 cm³/mol. The average Bonchev–Trinajstić information content (AvgIpc) is 3.12. The summed E-state index contributed by atoms with van der Waals surface area (Å²) in [7, 11) is 1.85. The molecule has 0 bridgehead atoms. The lowest BCUT2D eigenvalue weighted by molar-refractivity contribution is -0.890. The fraction of sp³-hybridized carbons (Fsp3) is 1.00. The lowest BCUT2D eigenvalue weighted by atomic mass is 10.0. The van der Waals surface area contributed by atoms with E-state index in [0.29, 0.717) is 72.7 Å². The maximum Gasteiger partial charge on any atom is 0.501 e. The quantitative estimate of drug-likeness (QED) is 0.0376. The van der Waals surface area contributed by atoms with Gasteiger partial charge in [0.25, 0.3) is 0 Å². The molecule has 0 fully saturated rings. The van der Waals surface area contributed by atoms with E-state index in [1.54, 1.807) is 0 Å². The molecule has 0 aliphatic heterocycles. The van der Waals surface area contributed by atoms with Crippen LogP contribution in [0.1, 0.15) is 130 Å². The lowest BCUT2D eigenvalue weighted by Crippen LogP contribution is -2.48. The highest BCUT2D eigenvalue weighted by Gasteiger charge is 2.40. The van der Waals surface area contributed by atoms with Crippen LogP contribution in [0.15, 0.2) is 0 Å². The smallest absolute Gasteiger partial charge is 0.394 e. The van der Waals surface area contributed by atoms with Crippen molar-refractivity contribution in [3.8, 4) is 0 Å². The zero-order chi connectivity index (χ0) is 38.3. The van der Waals surface area contributed by atoms with Gasteiger partial charge < -0.3 is 51.7 Å². The molecule has 0 rings (SSSR count). The number of nitrogens with zero attached hydrogens (tertiary/aromatic N) is 1. The van der Waals surface area contributed by atoms with Crippen molar-refractivity contribution in [2.75, 3.05) is 120 Å². The number of hydrogen-bond donors (Lipinski definition) is 2. The Morgan fingerprint density at radius 2 is 0.885 bits per heavy atom. The number of ether oxygens (including phenoxy) is 5.